The molecule has 28 heavy (non-hydrogen) atoms. The highest BCUT2D eigenvalue weighted by Gasteiger charge is 2.31. The first-order chi connectivity index (χ1) is 13.5. The van der Waals surface area contributed by atoms with E-state index in [9.17, 15) is 13.2 Å². The van der Waals surface area contributed by atoms with E-state index in [-0.39, 0.29) is 19.1 Å². The Balaban J connectivity index is 1.57. The number of nitrogens with one attached hydrogen (secondary N) is 1. The molecule has 0 spiro atoms. The lowest BCUT2D eigenvalue weighted by Gasteiger charge is -2.36. The highest BCUT2D eigenvalue weighted by Crippen LogP contribution is 2.25. The van der Waals surface area contributed by atoms with Crippen LogP contribution in [0.2, 0.25) is 0 Å². The number of rotatable bonds is 7. The largest absolute Gasteiger partial charge is 0.450 e. The molecule has 1 unspecified atom stereocenters. The van der Waals surface area contributed by atoms with Gasteiger partial charge in [0, 0.05) is 50.7 Å². The normalized spacial score (nSPS) is 20.8. The molecule has 1 aromatic heterocycles. The van der Waals surface area contributed by atoms with Crippen LogP contribution in [-0.2, 0) is 19.7 Å². The smallest absolute Gasteiger partial charge is 0.409 e. The van der Waals surface area contributed by atoms with Crippen LogP contribution >= 0.6 is 11.3 Å². The summed E-state index contributed by atoms with van der Waals surface area (Å²) in [6.45, 7) is 6.42. The third kappa shape index (κ3) is 5.43. The first kappa shape index (κ1) is 21.5. The maximum atomic E-state index is 12.8. The Bertz CT molecular complexity index is 714. The zero-order valence-electron chi connectivity index (χ0n) is 16.1. The third-order valence-corrected chi connectivity index (χ3v) is 7.47. The van der Waals surface area contributed by atoms with Gasteiger partial charge in [-0.1, -0.05) is 6.07 Å². The van der Waals surface area contributed by atoms with Crippen LogP contribution in [0, 0.1) is 0 Å². The molecule has 2 aliphatic rings. The van der Waals surface area contributed by atoms with Gasteiger partial charge in [-0.2, -0.15) is 12.7 Å². The number of piperazine rings is 1. The zero-order valence-corrected chi connectivity index (χ0v) is 17.7. The fraction of sp³-hybridized carbons (Fsp3) is 0.706. The van der Waals surface area contributed by atoms with Crippen molar-refractivity contribution < 1.29 is 22.7 Å². The van der Waals surface area contributed by atoms with Crippen molar-refractivity contribution in [3.05, 3.63) is 22.4 Å². The van der Waals surface area contributed by atoms with E-state index in [1.165, 1.54) is 9.21 Å². The standard InChI is InChI=1S/C17H28N4O5S2/c1-2-26-17(22)20-5-7-21(8-6-20)28(23,24)18-14-15(16-4-3-13-27-16)19-9-11-25-12-10-19/h3-4,13,15,18H,2,5-12,14H2,1H3. The van der Waals surface area contributed by atoms with Gasteiger partial charge in [0.1, 0.15) is 0 Å². The molecule has 1 N–H and O–H groups in total. The first-order valence-electron chi connectivity index (χ1n) is 9.53. The fourth-order valence-corrected chi connectivity index (χ4v) is 5.44. The van der Waals surface area contributed by atoms with E-state index >= 15 is 0 Å². The number of carbonyl (C=O) groups is 1. The number of hydrogen-bond donors (Lipinski definition) is 1. The van der Waals surface area contributed by atoms with E-state index in [2.05, 4.69) is 9.62 Å². The van der Waals surface area contributed by atoms with Crippen molar-refractivity contribution in [1.82, 2.24) is 18.8 Å². The molecule has 2 saturated heterocycles. The average molecular weight is 433 g/mol. The number of carbonyl (C=O) groups excluding carboxylic acids is 1. The second-order valence-electron chi connectivity index (χ2n) is 6.62. The summed E-state index contributed by atoms with van der Waals surface area (Å²) in [5, 5.41) is 2.01. The summed E-state index contributed by atoms with van der Waals surface area (Å²) in [5.41, 5.74) is 0. The molecule has 3 heterocycles. The van der Waals surface area contributed by atoms with Crippen molar-refractivity contribution in [2.45, 2.75) is 13.0 Å². The maximum absolute atomic E-state index is 12.8. The molecule has 9 nitrogen and oxygen atoms in total. The Labute approximate surface area is 170 Å². The molecule has 1 aromatic rings. The van der Waals surface area contributed by atoms with Gasteiger partial charge in [0.25, 0.3) is 10.2 Å². The molecule has 3 rings (SSSR count). The number of nitrogens with zero attached hydrogens (tertiary/aromatic N) is 3. The molecule has 1 atom stereocenters. The van der Waals surface area contributed by atoms with Gasteiger partial charge in [-0.3, -0.25) is 4.90 Å². The predicted octanol–water partition coefficient (Wildman–Crippen LogP) is 0.730. The molecule has 0 aliphatic carbocycles. The quantitative estimate of drug-likeness (QED) is 0.683. The Morgan fingerprint density at radius 3 is 2.57 bits per heavy atom. The fourth-order valence-electron chi connectivity index (χ4n) is 3.38. The zero-order chi connectivity index (χ0) is 20.0. The van der Waals surface area contributed by atoms with Crippen LogP contribution in [0.4, 0.5) is 4.79 Å². The Hall–Kier alpha value is -1.24. The molecule has 0 radical (unpaired) electrons. The second-order valence-corrected chi connectivity index (χ2v) is 9.35. The van der Waals surface area contributed by atoms with Crippen LogP contribution in [0.15, 0.2) is 17.5 Å². The molecule has 2 aliphatic heterocycles. The summed E-state index contributed by atoms with van der Waals surface area (Å²) in [5.74, 6) is 0. The van der Waals surface area contributed by atoms with Crippen LogP contribution in [-0.4, -0.2) is 94.3 Å². The molecule has 0 bridgehead atoms. The Morgan fingerprint density at radius 2 is 1.96 bits per heavy atom. The Morgan fingerprint density at radius 1 is 1.25 bits per heavy atom. The monoisotopic (exact) mass is 432 g/mol. The van der Waals surface area contributed by atoms with Gasteiger partial charge in [0.05, 0.1) is 25.9 Å². The van der Waals surface area contributed by atoms with E-state index in [0.717, 1.165) is 18.0 Å². The second kappa shape index (κ2) is 9.99. The van der Waals surface area contributed by atoms with Crippen LogP contribution in [0.3, 0.4) is 0 Å². The van der Waals surface area contributed by atoms with Crippen LogP contribution in [0.25, 0.3) is 0 Å². The van der Waals surface area contributed by atoms with Crippen molar-refractivity contribution >= 4 is 27.6 Å². The third-order valence-electron chi connectivity index (χ3n) is 4.92. The summed E-state index contributed by atoms with van der Waals surface area (Å²) in [4.78, 5) is 16.7. The van der Waals surface area contributed by atoms with Gasteiger partial charge >= 0.3 is 6.09 Å². The lowest BCUT2D eigenvalue weighted by molar-refractivity contribution is 0.0178. The molecule has 1 amide bonds. The molecular formula is C17H28N4O5S2. The number of hydrogen-bond acceptors (Lipinski definition) is 7. The van der Waals surface area contributed by atoms with Gasteiger partial charge in [-0.25, -0.2) is 9.52 Å². The Kier molecular flexibility index (Phi) is 7.66. The van der Waals surface area contributed by atoms with Crippen molar-refractivity contribution in [3.63, 3.8) is 0 Å². The van der Waals surface area contributed by atoms with Crippen molar-refractivity contribution in [2.24, 2.45) is 0 Å². The predicted molar refractivity (Wildman–Crippen MR) is 107 cm³/mol. The van der Waals surface area contributed by atoms with Crippen molar-refractivity contribution in [3.8, 4) is 0 Å². The van der Waals surface area contributed by atoms with Gasteiger partial charge < -0.3 is 14.4 Å². The van der Waals surface area contributed by atoms with E-state index in [0.29, 0.717) is 39.5 Å². The molecule has 2 fully saturated rings. The number of ether oxygens (including phenoxy) is 2. The van der Waals surface area contributed by atoms with E-state index in [1.54, 1.807) is 18.3 Å². The molecule has 11 heteroatoms. The van der Waals surface area contributed by atoms with Crippen LogP contribution in [0.1, 0.15) is 17.8 Å². The SMILES string of the molecule is CCOC(=O)N1CCN(S(=O)(=O)NCC(c2cccs2)N2CCOCC2)CC1. The number of morpholine rings is 1. The molecular weight excluding hydrogens is 404 g/mol. The lowest BCUT2D eigenvalue weighted by Crippen LogP contribution is -2.54. The van der Waals surface area contributed by atoms with Gasteiger partial charge in [0.15, 0.2) is 0 Å². The lowest BCUT2D eigenvalue weighted by atomic mass is 10.2. The summed E-state index contributed by atoms with van der Waals surface area (Å²) in [7, 11) is -3.62. The maximum Gasteiger partial charge on any atom is 0.409 e. The summed E-state index contributed by atoms with van der Waals surface area (Å²) in [6.07, 6.45) is -0.391. The highest BCUT2D eigenvalue weighted by atomic mass is 32.2. The van der Waals surface area contributed by atoms with Crippen molar-refractivity contribution in [1.29, 1.82) is 0 Å². The van der Waals surface area contributed by atoms with E-state index < -0.39 is 16.3 Å². The van der Waals surface area contributed by atoms with Gasteiger partial charge in [-0.15, -0.1) is 11.3 Å². The minimum atomic E-state index is -3.62. The topological polar surface area (TPSA) is 91.4 Å². The number of amides is 1. The van der Waals surface area contributed by atoms with Crippen LogP contribution < -0.4 is 4.72 Å². The van der Waals surface area contributed by atoms with E-state index in [4.69, 9.17) is 9.47 Å². The van der Waals surface area contributed by atoms with Crippen molar-refractivity contribution in [2.75, 3.05) is 65.6 Å². The van der Waals surface area contributed by atoms with Gasteiger partial charge in [0.2, 0.25) is 0 Å². The molecule has 158 valence electrons. The van der Waals surface area contributed by atoms with Gasteiger partial charge in [-0.05, 0) is 18.4 Å². The minimum Gasteiger partial charge on any atom is -0.450 e. The minimum absolute atomic E-state index is 0.0144. The first-order valence-corrected chi connectivity index (χ1v) is 11.8. The summed E-state index contributed by atoms with van der Waals surface area (Å²) in [6, 6.07) is 4.01. The summed E-state index contributed by atoms with van der Waals surface area (Å²) >= 11 is 1.63. The highest BCUT2D eigenvalue weighted by molar-refractivity contribution is 7.87. The summed E-state index contributed by atoms with van der Waals surface area (Å²) < 4.78 is 40.1. The number of thiophene rings is 1. The molecule has 0 saturated carbocycles. The molecule has 0 aromatic carbocycles. The average Bonchev–Trinajstić information content (AvgIpc) is 3.24. The van der Waals surface area contributed by atoms with E-state index in [1.807, 2.05) is 17.5 Å². The van der Waals surface area contributed by atoms with Crippen LogP contribution in [0.5, 0.6) is 0 Å².